The summed E-state index contributed by atoms with van der Waals surface area (Å²) in [5.74, 6) is -3.22. The molecule has 0 bridgehead atoms. The van der Waals surface area contributed by atoms with Crippen LogP contribution in [0.15, 0.2) is 36.4 Å². The van der Waals surface area contributed by atoms with Gasteiger partial charge in [-0.15, -0.1) is 0 Å². The van der Waals surface area contributed by atoms with Gasteiger partial charge in [-0.05, 0) is 24.3 Å². The standard InChI is InChI=1S/C14H9ClF3NO/c15-9-3-1-4-10(16)8(9)7-13(20)19-14-11(17)5-2-6-12(14)18/h1-6H,7H2,(H,19,20). The first-order chi connectivity index (χ1) is 9.49. The molecule has 0 radical (unpaired) electrons. The van der Waals surface area contributed by atoms with E-state index in [0.29, 0.717) is 0 Å². The van der Waals surface area contributed by atoms with Crippen molar-refractivity contribution < 1.29 is 18.0 Å². The number of benzene rings is 2. The lowest BCUT2D eigenvalue weighted by molar-refractivity contribution is -0.115. The van der Waals surface area contributed by atoms with E-state index in [0.717, 1.165) is 18.2 Å². The fourth-order valence-corrected chi connectivity index (χ4v) is 1.89. The van der Waals surface area contributed by atoms with Crippen LogP contribution in [0.4, 0.5) is 18.9 Å². The normalized spacial score (nSPS) is 10.4. The quantitative estimate of drug-likeness (QED) is 0.914. The summed E-state index contributed by atoms with van der Waals surface area (Å²) in [6.07, 6.45) is -0.417. The molecule has 0 atom stereocenters. The highest BCUT2D eigenvalue weighted by Gasteiger charge is 2.15. The molecule has 0 heterocycles. The van der Waals surface area contributed by atoms with Gasteiger partial charge in [-0.2, -0.15) is 0 Å². The van der Waals surface area contributed by atoms with Gasteiger partial charge in [-0.3, -0.25) is 4.79 Å². The van der Waals surface area contributed by atoms with Gasteiger partial charge < -0.3 is 5.32 Å². The third-order valence-corrected chi connectivity index (χ3v) is 2.98. The lowest BCUT2D eigenvalue weighted by atomic mass is 10.1. The Balaban J connectivity index is 2.18. The first-order valence-corrected chi connectivity index (χ1v) is 6.03. The highest BCUT2D eigenvalue weighted by Crippen LogP contribution is 2.21. The Morgan fingerprint density at radius 1 is 1.00 bits per heavy atom. The lowest BCUT2D eigenvalue weighted by Gasteiger charge is -2.09. The molecule has 0 aromatic heterocycles. The van der Waals surface area contributed by atoms with Crippen LogP contribution in [0.5, 0.6) is 0 Å². The molecule has 0 aliphatic heterocycles. The molecular weight excluding hydrogens is 291 g/mol. The molecule has 1 amide bonds. The van der Waals surface area contributed by atoms with Crippen molar-refractivity contribution in [3.63, 3.8) is 0 Å². The summed E-state index contributed by atoms with van der Waals surface area (Å²) >= 11 is 5.77. The Morgan fingerprint density at radius 3 is 2.15 bits per heavy atom. The van der Waals surface area contributed by atoms with Crippen LogP contribution < -0.4 is 5.32 Å². The molecule has 20 heavy (non-hydrogen) atoms. The van der Waals surface area contributed by atoms with E-state index in [2.05, 4.69) is 5.32 Å². The molecule has 104 valence electrons. The van der Waals surface area contributed by atoms with E-state index < -0.39 is 35.5 Å². The minimum atomic E-state index is -0.905. The van der Waals surface area contributed by atoms with Crippen molar-refractivity contribution in [1.82, 2.24) is 0 Å². The average Bonchev–Trinajstić information content (AvgIpc) is 2.39. The average molecular weight is 300 g/mol. The molecule has 0 spiro atoms. The van der Waals surface area contributed by atoms with E-state index >= 15 is 0 Å². The number of anilines is 1. The van der Waals surface area contributed by atoms with E-state index in [-0.39, 0.29) is 10.6 Å². The molecular formula is C14H9ClF3NO. The number of hydrogen-bond acceptors (Lipinski definition) is 1. The summed E-state index contributed by atoms with van der Waals surface area (Å²) < 4.78 is 40.2. The first-order valence-electron chi connectivity index (χ1n) is 5.66. The van der Waals surface area contributed by atoms with Gasteiger partial charge in [0.15, 0.2) is 0 Å². The van der Waals surface area contributed by atoms with Crippen LogP contribution in [-0.4, -0.2) is 5.91 Å². The number of rotatable bonds is 3. The molecule has 0 saturated carbocycles. The van der Waals surface area contributed by atoms with Crippen molar-refractivity contribution in [2.24, 2.45) is 0 Å². The second kappa shape index (κ2) is 5.96. The zero-order chi connectivity index (χ0) is 14.7. The maximum atomic E-state index is 13.5. The van der Waals surface area contributed by atoms with Gasteiger partial charge >= 0.3 is 0 Å². The Hall–Kier alpha value is -2.01. The van der Waals surface area contributed by atoms with Gasteiger partial charge in [-0.1, -0.05) is 23.7 Å². The molecule has 6 heteroatoms. The van der Waals surface area contributed by atoms with Crippen LogP contribution in [-0.2, 0) is 11.2 Å². The largest absolute Gasteiger partial charge is 0.321 e. The minimum Gasteiger partial charge on any atom is -0.321 e. The fraction of sp³-hybridized carbons (Fsp3) is 0.0714. The SMILES string of the molecule is O=C(Cc1c(F)cccc1Cl)Nc1c(F)cccc1F. The van der Waals surface area contributed by atoms with Gasteiger partial charge in [0, 0.05) is 10.6 Å². The second-order valence-electron chi connectivity index (χ2n) is 4.02. The topological polar surface area (TPSA) is 29.1 Å². The van der Waals surface area contributed by atoms with E-state index in [1.165, 1.54) is 18.2 Å². The van der Waals surface area contributed by atoms with Gasteiger partial charge in [0.1, 0.15) is 23.1 Å². The van der Waals surface area contributed by atoms with Gasteiger partial charge in [0.25, 0.3) is 0 Å². The molecule has 2 aromatic rings. The Kier molecular flexibility index (Phi) is 4.29. The highest BCUT2D eigenvalue weighted by atomic mass is 35.5. The second-order valence-corrected chi connectivity index (χ2v) is 4.43. The zero-order valence-corrected chi connectivity index (χ0v) is 10.8. The summed E-state index contributed by atoms with van der Waals surface area (Å²) in [5.41, 5.74) is -0.589. The summed E-state index contributed by atoms with van der Waals surface area (Å²) in [5, 5.41) is 2.15. The summed E-state index contributed by atoms with van der Waals surface area (Å²) in [4.78, 5) is 11.7. The Morgan fingerprint density at radius 2 is 1.55 bits per heavy atom. The number of carbonyl (C=O) groups is 1. The minimum absolute atomic E-state index is 0.0246. The number of nitrogens with one attached hydrogen (secondary N) is 1. The van der Waals surface area contributed by atoms with Crippen molar-refractivity contribution in [2.75, 3.05) is 5.32 Å². The van der Waals surface area contributed by atoms with Crippen molar-refractivity contribution >= 4 is 23.2 Å². The Bertz CT molecular complexity index is 565. The van der Waals surface area contributed by atoms with Crippen LogP contribution in [0, 0.1) is 17.5 Å². The van der Waals surface area contributed by atoms with Crippen molar-refractivity contribution in [2.45, 2.75) is 6.42 Å². The third-order valence-electron chi connectivity index (χ3n) is 2.63. The van der Waals surface area contributed by atoms with E-state index in [1.54, 1.807) is 0 Å². The van der Waals surface area contributed by atoms with Gasteiger partial charge in [0.2, 0.25) is 5.91 Å². The third kappa shape index (κ3) is 3.11. The molecule has 1 N–H and O–H groups in total. The number of hydrogen-bond donors (Lipinski definition) is 1. The van der Waals surface area contributed by atoms with Crippen LogP contribution in [0.3, 0.4) is 0 Å². The molecule has 0 aliphatic carbocycles. The number of para-hydroxylation sites is 1. The zero-order valence-electron chi connectivity index (χ0n) is 10.1. The first kappa shape index (κ1) is 14.4. The van der Waals surface area contributed by atoms with Crippen molar-refractivity contribution in [1.29, 1.82) is 0 Å². The summed E-state index contributed by atoms with van der Waals surface area (Å²) in [6, 6.07) is 7.17. The smallest absolute Gasteiger partial charge is 0.229 e. The van der Waals surface area contributed by atoms with Crippen LogP contribution in [0.25, 0.3) is 0 Å². The molecule has 2 nitrogen and oxygen atoms in total. The molecule has 0 unspecified atom stereocenters. The number of amides is 1. The highest BCUT2D eigenvalue weighted by molar-refractivity contribution is 6.31. The molecule has 2 aromatic carbocycles. The summed E-state index contributed by atoms with van der Waals surface area (Å²) in [7, 11) is 0. The van der Waals surface area contributed by atoms with Crippen LogP contribution in [0.2, 0.25) is 5.02 Å². The monoisotopic (exact) mass is 299 g/mol. The van der Waals surface area contributed by atoms with Crippen LogP contribution in [0.1, 0.15) is 5.56 Å². The van der Waals surface area contributed by atoms with Gasteiger partial charge in [0.05, 0.1) is 6.42 Å². The Labute approximate surface area is 118 Å². The van der Waals surface area contributed by atoms with Gasteiger partial charge in [-0.25, -0.2) is 13.2 Å². The lowest BCUT2D eigenvalue weighted by Crippen LogP contribution is -2.17. The van der Waals surface area contributed by atoms with Crippen molar-refractivity contribution in [3.8, 4) is 0 Å². The predicted molar refractivity (Wildman–Crippen MR) is 70.1 cm³/mol. The van der Waals surface area contributed by atoms with E-state index in [4.69, 9.17) is 11.6 Å². The molecule has 0 saturated heterocycles. The maximum absolute atomic E-state index is 13.5. The summed E-state index contributed by atoms with van der Waals surface area (Å²) in [6.45, 7) is 0. The molecule has 0 fully saturated rings. The predicted octanol–water partition coefficient (Wildman–Crippen LogP) is 3.94. The number of halogens is 4. The number of carbonyl (C=O) groups excluding carboxylic acids is 1. The van der Waals surface area contributed by atoms with E-state index in [9.17, 15) is 18.0 Å². The molecule has 0 aliphatic rings. The van der Waals surface area contributed by atoms with E-state index in [1.807, 2.05) is 0 Å². The van der Waals surface area contributed by atoms with Crippen LogP contribution >= 0.6 is 11.6 Å². The maximum Gasteiger partial charge on any atom is 0.229 e. The van der Waals surface area contributed by atoms with Crippen molar-refractivity contribution in [3.05, 3.63) is 64.4 Å². The molecule has 2 rings (SSSR count). The fourth-order valence-electron chi connectivity index (χ4n) is 1.66.